The Hall–Kier alpha value is -1.79. The zero-order valence-corrected chi connectivity index (χ0v) is 10.5. The molecule has 7 heteroatoms. The molecule has 106 valence electrons. The van der Waals surface area contributed by atoms with Gasteiger partial charge in [0.15, 0.2) is 0 Å². The number of carbonyl (C=O) groups excluding carboxylic acids is 1. The van der Waals surface area contributed by atoms with E-state index in [0.29, 0.717) is 0 Å². The van der Waals surface area contributed by atoms with Crippen LogP contribution < -0.4 is 10.6 Å². The first-order valence-electron chi connectivity index (χ1n) is 5.91. The number of anilines is 1. The van der Waals surface area contributed by atoms with Gasteiger partial charge in [-0.1, -0.05) is 0 Å². The van der Waals surface area contributed by atoms with Gasteiger partial charge in [0.2, 0.25) is 0 Å². The summed E-state index contributed by atoms with van der Waals surface area (Å²) in [7, 11) is 1.72. The normalized spacial score (nSPS) is 11.2. The quantitative estimate of drug-likeness (QED) is 0.785. The molecule has 19 heavy (non-hydrogen) atoms. The Morgan fingerprint density at radius 2 is 2.11 bits per heavy atom. The summed E-state index contributed by atoms with van der Waals surface area (Å²) in [5.74, 6) is -0.385. The molecule has 1 rings (SSSR count). The van der Waals surface area contributed by atoms with E-state index in [1.165, 1.54) is 6.20 Å². The van der Waals surface area contributed by atoms with Crippen molar-refractivity contribution in [1.29, 1.82) is 0 Å². The van der Waals surface area contributed by atoms with Gasteiger partial charge in [-0.15, -0.1) is 0 Å². The number of hydrogen-bond donors (Lipinski definition) is 2. The topological polar surface area (TPSA) is 54.0 Å². The number of hydrogen-bond acceptors (Lipinski definition) is 3. The predicted molar refractivity (Wildman–Crippen MR) is 66.0 cm³/mol. The van der Waals surface area contributed by atoms with Crippen molar-refractivity contribution < 1.29 is 18.0 Å². The van der Waals surface area contributed by atoms with Gasteiger partial charge >= 0.3 is 6.18 Å². The second-order valence-corrected chi connectivity index (χ2v) is 4.01. The van der Waals surface area contributed by atoms with E-state index >= 15 is 0 Å². The van der Waals surface area contributed by atoms with E-state index in [2.05, 4.69) is 15.6 Å². The highest BCUT2D eigenvalue weighted by molar-refractivity contribution is 5.93. The number of unbranched alkanes of at least 4 members (excludes halogenated alkanes) is 1. The van der Waals surface area contributed by atoms with Crippen molar-refractivity contribution in [3.63, 3.8) is 0 Å². The molecule has 0 unspecified atom stereocenters. The fraction of sp³-hybridized carbons (Fsp3) is 0.500. The third-order valence-corrected chi connectivity index (χ3v) is 2.45. The molecule has 0 bridgehead atoms. The summed E-state index contributed by atoms with van der Waals surface area (Å²) in [5, 5.41) is 5.41. The van der Waals surface area contributed by atoms with E-state index in [4.69, 9.17) is 0 Å². The van der Waals surface area contributed by atoms with E-state index in [-0.39, 0.29) is 31.0 Å². The van der Waals surface area contributed by atoms with E-state index in [1.54, 1.807) is 19.2 Å². The molecule has 2 N–H and O–H groups in total. The molecule has 0 saturated heterocycles. The highest BCUT2D eigenvalue weighted by Gasteiger charge is 2.25. The average molecular weight is 275 g/mol. The summed E-state index contributed by atoms with van der Waals surface area (Å²) in [6.45, 7) is 0.209. The van der Waals surface area contributed by atoms with Crippen LogP contribution in [0.2, 0.25) is 0 Å². The third kappa shape index (κ3) is 6.08. The molecular formula is C12H16F3N3O. The number of amides is 1. The summed E-state index contributed by atoms with van der Waals surface area (Å²) in [6.07, 6.45) is -3.17. The molecular weight excluding hydrogens is 259 g/mol. The van der Waals surface area contributed by atoms with E-state index in [1.807, 2.05) is 0 Å². The second kappa shape index (κ2) is 6.96. The van der Waals surface area contributed by atoms with Gasteiger partial charge in [-0.2, -0.15) is 13.2 Å². The molecule has 0 radical (unpaired) electrons. The summed E-state index contributed by atoms with van der Waals surface area (Å²) >= 11 is 0. The maximum atomic E-state index is 11.9. The van der Waals surface area contributed by atoms with Crippen molar-refractivity contribution in [2.24, 2.45) is 0 Å². The Bertz CT molecular complexity index is 421. The molecule has 0 fully saturated rings. The first-order valence-corrected chi connectivity index (χ1v) is 5.91. The van der Waals surface area contributed by atoms with Crippen LogP contribution in [-0.4, -0.2) is 30.7 Å². The second-order valence-electron chi connectivity index (χ2n) is 4.01. The minimum Gasteiger partial charge on any atom is -0.388 e. The van der Waals surface area contributed by atoms with Crippen molar-refractivity contribution in [1.82, 2.24) is 10.3 Å². The predicted octanol–water partition coefficient (Wildman–Crippen LogP) is 2.59. The Labute approximate surface area is 109 Å². The number of alkyl halides is 3. The first-order chi connectivity index (χ1) is 8.92. The molecule has 0 aliphatic rings. The molecule has 0 aromatic carbocycles. The van der Waals surface area contributed by atoms with Gasteiger partial charge in [-0.05, 0) is 25.0 Å². The Morgan fingerprint density at radius 3 is 2.74 bits per heavy atom. The summed E-state index contributed by atoms with van der Waals surface area (Å²) in [5.41, 5.74) is 0.986. The zero-order valence-electron chi connectivity index (χ0n) is 10.5. The van der Waals surface area contributed by atoms with Gasteiger partial charge in [0.25, 0.3) is 5.91 Å². The van der Waals surface area contributed by atoms with Crippen LogP contribution in [0.4, 0.5) is 18.9 Å². The van der Waals surface area contributed by atoms with Crippen LogP contribution in [0.25, 0.3) is 0 Å². The van der Waals surface area contributed by atoms with Gasteiger partial charge in [-0.3, -0.25) is 9.78 Å². The minimum atomic E-state index is -4.13. The number of aromatic nitrogens is 1. The van der Waals surface area contributed by atoms with Crippen molar-refractivity contribution in [2.75, 3.05) is 18.9 Å². The maximum Gasteiger partial charge on any atom is 0.389 e. The van der Waals surface area contributed by atoms with Gasteiger partial charge in [0.05, 0.1) is 0 Å². The van der Waals surface area contributed by atoms with Crippen molar-refractivity contribution in [3.8, 4) is 0 Å². The number of nitrogens with zero attached hydrogens (tertiary/aromatic N) is 1. The number of pyridine rings is 1. The highest BCUT2D eigenvalue weighted by Crippen LogP contribution is 2.21. The Morgan fingerprint density at radius 1 is 1.37 bits per heavy atom. The third-order valence-electron chi connectivity index (χ3n) is 2.45. The smallest absolute Gasteiger partial charge is 0.388 e. The van der Waals surface area contributed by atoms with Crippen molar-refractivity contribution in [3.05, 3.63) is 24.0 Å². The lowest BCUT2D eigenvalue weighted by Gasteiger charge is -2.07. The van der Waals surface area contributed by atoms with E-state index < -0.39 is 12.6 Å². The lowest BCUT2D eigenvalue weighted by Crippen LogP contribution is -2.25. The van der Waals surface area contributed by atoms with Crippen LogP contribution >= 0.6 is 0 Å². The summed E-state index contributed by atoms with van der Waals surface area (Å²) < 4.78 is 35.7. The van der Waals surface area contributed by atoms with Crippen LogP contribution in [0, 0.1) is 0 Å². The standard InChI is InChI=1S/C12H16F3N3O/c1-16-9-4-7-17-10(8-9)11(19)18-6-3-2-5-12(13,14)15/h4,7-8H,2-3,5-6H2,1H3,(H,16,17)(H,18,19). The van der Waals surface area contributed by atoms with Gasteiger partial charge < -0.3 is 10.6 Å². The molecule has 1 heterocycles. The van der Waals surface area contributed by atoms with Crippen LogP contribution in [-0.2, 0) is 0 Å². The number of carbonyl (C=O) groups is 1. The molecule has 0 spiro atoms. The summed E-state index contributed by atoms with van der Waals surface area (Å²) in [4.78, 5) is 15.5. The van der Waals surface area contributed by atoms with Crippen LogP contribution in [0.3, 0.4) is 0 Å². The van der Waals surface area contributed by atoms with Crippen LogP contribution in [0.5, 0.6) is 0 Å². The van der Waals surface area contributed by atoms with Crippen LogP contribution in [0.1, 0.15) is 29.8 Å². The van der Waals surface area contributed by atoms with Crippen LogP contribution in [0.15, 0.2) is 18.3 Å². The fourth-order valence-corrected chi connectivity index (χ4v) is 1.45. The molecule has 1 aromatic heterocycles. The fourth-order valence-electron chi connectivity index (χ4n) is 1.45. The number of halogens is 3. The molecule has 0 atom stereocenters. The van der Waals surface area contributed by atoms with E-state index in [0.717, 1.165) is 5.69 Å². The minimum absolute atomic E-state index is 0.00770. The first kappa shape index (κ1) is 15.3. The van der Waals surface area contributed by atoms with Crippen molar-refractivity contribution in [2.45, 2.75) is 25.4 Å². The number of rotatable bonds is 6. The van der Waals surface area contributed by atoms with E-state index in [9.17, 15) is 18.0 Å². The molecule has 0 aliphatic carbocycles. The highest BCUT2D eigenvalue weighted by atomic mass is 19.4. The van der Waals surface area contributed by atoms with Gasteiger partial charge in [0, 0.05) is 31.9 Å². The SMILES string of the molecule is CNc1ccnc(C(=O)NCCCCC(F)(F)F)c1. The Kier molecular flexibility index (Phi) is 5.59. The van der Waals surface area contributed by atoms with Crippen molar-refractivity contribution >= 4 is 11.6 Å². The largest absolute Gasteiger partial charge is 0.389 e. The molecule has 4 nitrogen and oxygen atoms in total. The molecule has 0 aliphatic heterocycles. The molecule has 1 amide bonds. The lowest BCUT2D eigenvalue weighted by atomic mass is 10.2. The molecule has 1 aromatic rings. The lowest BCUT2D eigenvalue weighted by molar-refractivity contribution is -0.135. The van der Waals surface area contributed by atoms with Gasteiger partial charge in [0.1, 0.15) is 5.69 Å². The van der Waals surface area contributed by atoms with Gasteiger partial charge in [-0.25, -0.2) is 0 Å². The Balaban J connectivity index is 2.31. The number of nitrogens with one attached hydrogen (secondary N) is 2. The average Bonchev–Trinajstić information content (AvgIpc) is 2.37. The summed E-state index contributed by atoms with van der Waals surface area (Å²) in [6, 6.07) is 3.28. The molecule has 0 saturated carbocycles. The monoisotopic (exact) mass is 275 g/mol. The zero-order chi connectivity index (χ0) is 14.3. The maximum absolute atomic E-state index is 11.9.